The van der Waals surface area contributed by atoms with Crippen molar-refractivity contribution in [3.05, 3.63) is 35.5 Å². The van der Waals surface area contributed by atoms with Crippen LogP contribution in [0.2, 0.25) is 0 Å². The Labute approximate surface area is 155 Å². The van der Waals surface area contributed by atoms with Gasteiger partial charge in [0.25, 0.3) is 5.91 Å². The van der Waals surface area contributed by atoms with Crippen LogP contribution >= 0.6 is 0 Å². The summed E-state index contributed by atoms with van der Waals surface area (Å²) < 4.78 is 6.89. The average molecular weight is 367 g/mol. The third-order valence-corrected chi connectivity index (χ3v) is 5.45. The standard InChI is InChI=1S/C18H21N7O2/c1-12-11-14(22-27-12)18(26)24-9-5-13(6-10-24)17-20-19-15-3-4-16(21-25(15)17)23-7-2-8-23/h3-4,11,13H,2,5-10H2,1H3. The van der Waals surface area contributed by atoms with Crippen molar-refractivity contribution in [1.82, 2.24) is 29.9 Å². The third kappa shape index (κ3) is 2.83. The summed E-state index contributed by atoms with van der Waals surface area (Å²) in [6.07, 6.45) is 2.88. The molecule has 3 aromatic rings. The van der Waals surface area contributed by atoms with Crippen LogP contribution in [0.1, 0.15) is 47.3 Å². The first-order valence-corrected chi connectivity index (χ1v) is 9.39. The van der Waals surface area contributed by atoms with Crippen LogP contribution in [0.4, 0.5) is 5.82 Å². The van der Waals surface area contributed by atoms with Gasteiger partial charge in [-0.15, -0.1) is 15.3 Å². The van der Waals surface area contributed by atoms with Crippen LogP contribution in [-0.2, 0) is 0 Å². The number of carbonyl (C=O) groups is 1. The summed E-state index contributed by atoms with van der Waals surface area (Å²) >= 11 is 0. The largest absolute Gasteiger partial charge is 0.361 e. The number of likely N-dealkylation sites (tertiary alicyclic amines) is 1. The number of amides is 1. The second-order valence-electron chi connectivity index (χ2n) is 7.25. The van der Waals surface area contributed by atoms with Crippen molar-refractivity contribution in [1.29, 1.82) is 0 Å². The van der Waals surface area contributed by atoms with Gasteiger partial charge in [0.2, 0.25) is 0 Å². The van der Waals surface area contributed by atoms with E-state index in [4.69, 9.17) is 9.62 Å². The predicted octanol–water partition coefficient (Wildman–Crippen LogP) is 1.65. The van der Waals surface area contributed by atoms with Crippen molar-refractivity contribution in [2.24, 2.45) is 0 Å². The number of carbonyl (C=O) groups excluding carboxylic acids is 1. The molecule has 3 aromatic heterocycles. The Morgan fingerprint density at radius 1 is 1.15 bits per heavy atom. The number of piperidine rings is 1. The molecule has 27 heavy (non-hydrogen) atoms. The van der Waals surface area contributed by atoms with E-state index in [-0.39, 0.29) is 11.8 Å². The van der Waals surface area contributed by atoms with E-state index in [1.807, 2.05) is 21.5 Å². The molecule has 0 radical (unpaired) electrons. The maximum atomic E-state index is 12.5. The molecule has 9 heteroatoms. The number of aryl methyl sites for hydroxylation is 1. The highest BCUT2D eigenvalue weighted by Gasteiger charge is 2.29. The van der Waals surface area contributed by atoms with Crippen molar-refractivity contribution in [3.8, 4) is 0 Å². The molecule has 5 heterocycles. The topological polar surface area (TPSA) is 92.7 Å². The van der Waals surface area contributed by atoms with Gasteiger partial charge in [0.05, 0.1) is 0 Å². The number of hydrogen-bond donors (Lipinski definition) is 0. The minimum atomic E-state index is -0.0744. The van der Waals surface area contributed by atoms with Gasteiger partial charge >= 0.3 is 0 Å². The van der Waals surface area contributed by atoms with Crippen LogP contribution in [0.5, 0.6) is 0 Å². The summed E-state index contributed by atoms with van der Waals surface area (Å²) in [5.74, 6) is 2.67. The molecule has 0 bridgehead atoms. The van der Waals surface area contributed by atoms with Crippen LogP contribution in [-0.4, -0.2) is 62.0 Å². The summed E-state index contributed by atoms with van der Waals surface area (Å²) in [7, 11) is 0. The lowest BCUT2D eigenvalue weighted by Gasteiger charge is -2.32. The molecular weight excluding hydrogens is 346 g/mol. The summed E-state index contributed by atoms with van der Waals surface area (Å²) in [6.45, 7) is 5.22. The molecule has 0 aromatic carbocycles. The molecule has 2 fully saturated rings. The zero-order valence-corrected chi connectivity index (χ0v) is 15.2. The fraction of sp³-hybridized carbons (Fsp3) is 0.500. The molecule has 0 aliphatic carbocycles. The van der Waals surface area contributed by atoms with Gasteiger partial charge in [0, 0.05) is 38.2 Å². The molecule has 0 unspecified atom stereocenters. The van der Waals surface area contributed by atoms with E-state index in [1.54, 1.807) is 13.0 Å². The lowest BCUT2D eigenvalue weighted by Crippen LogP contribution is -2.39. The third-order valence-electron chi connectivity index (χ3n) is 5.45. The van der Waals surface area contributed by atoms with E-state index in [1.165, 1.54) is 6.42 Å². The molecular formula is C18H21N7O2. The number of aromatic nitrogens is 5. The number of fused-ring (bicyclic) bond motifs is 1. The van der Waals surface area contributed by atoms with Gasteiger partial charge in [-0.2, -0.15) is 4.52 Å². The molecule has 2 saturated heterocycles. The maximum Gasteiger partial charge on any atom is 0.276 e. The second kappa shape index (κ2) is 6.33. The molecule has 0 N–H and O–H groups in total. The quantitative estimate of drug-likeness (QED) is 0.695. The van der Waals surface area contributed by atoms with E-state index in [9.17, 15) is 4.79 Å². The lowest BCUT2D eigenvalue weighted by molar-refractivity contribution is 0.0700. The molecule has 0 saturated carbocycles. The highest BCUT2D eigenvalue weighted by atomic mass is 16.5. The average Bonchev–Trinajstić information content (AvgIpc) is 3.26. The van der Waals surface area contributed by atoms with Crippen molar-refractivity contribution >= 4 is 17.4 Å². The molecule has 0 spiro atoms. The number of nitrogens with zero attached hydrogens (tertiary/aromatic N) is 7. The Balaban J connectivity index is 1.32. The van der Waals surface area contributed by atoms with Crippen LogP contribution in [0.25, 0.3) is 5.65 Å². The molecule has 0 atom stereocenters. The van der Waals surface area contributed by atoms with Gasteiger partial charge in [0.15, 0.2) is 17.2 Å². The molecule has 2 aliphatic heterocycles. The Morgan fingerprint density at radius 2 is 1.96 bits per heavy atom. The maximum absolute atomic E-state index is 12.5. The Bertz CT molecular complexity index is 983. The van der Waals surface area contributed by atoms with Gasteiger partial charge < -0.3 is 14.3 Å². The van der Waals surface area contributed by atoms with Crippen LogP contribution < -0.4 is 4.90 Å². The normalized spacial score (nSPS) is 18.1. The fourth-order valence-corrected chi connectivity index (χ4v) is 3.73. The van der Waals surface area contributed by atoms with E-state index in [0.29, 0.717) is 24.5 Å². The van der Waals surface area contributed by atoms with Crippen molar-refractivity contribution in [2.45, 2.75) is 32.1 Å². The highest BCUT2D eigenvalue weighted by molar-refractivity contribution is 5.92. The molecule has 2 aliphatic rings. The molecule has 5 rings (SSSR count). The van der Waals surface area contributed by atoms with Crippen LogP contribution in [0, 0.1) is 6.92 Å². The summed E-state index contributed by atoms with van der Waals surface area (Å²) in [5, 5.41) is 17.3. The SMILES string of the molecule is Cc1cc(C(=O)N2CCC(c3nnc4ccc(N5CCC5)nn34)CC2)no1. The Hall–Kier alpha value is -2.97. The van der Waals surface area contributed by atoms with Crippen LogP contribution in [0.3, 0.4) is 0 Å². The van der Waals surface area contributed by atoms with E-state index >= 15 is 0 Å². The van der Waals surface area contributed by atoms with Gasteiger partial charge in [0.1, 0.15) is 11.6 Å². The summed E-state index contributed by atoms with van der Waals surface area (Å²) in [5.41, 5.74) is 1.14. The second-order valence-corrected chi connectivity index (χ2v) is 7.25. The summed E-state index contributed by atoms with van der Waals surface area (Å²) in [4.78, 5) is 16.6. The van der Waals surface area contributed by atoms with Crippen molar-refractivity contribution in [3.63, 3.8) is 0 Å². The van der Waals surface area contributed by atoms with Gasteiger partial charge in [-0.3, -0.25) is 4.79 Å². The van der Waals surface area contributed by atoms with Gasteiger partial charge in [-0.05, 0) is 38.3 Å². The van der Waals surface area contributed by atoms with Crippen LogP contribution in [0.15, 0.2) is 22.7 Å². The number of rotatable bonds is 3. The van der Waals surface area contributed by atoms with E-state index in [2.05, 4.69) is 20.3 Å². The van der Waals surface area contributed by atoms with E-state index in [0.717, 1.165) is 43.2 Å². The molecule has 140 valence electrons. The first-order valence-electron chi connectivity index (χ1n) is 9.39. The minimum absolute atomic E-state index is 0.0744. The zero-order valence-electron chi connectivity index (χ0n) is 15.2. The van der Waals surface area contributed by atoms with Gasteiger partial charge in [-0.1, -0.05) is 5.16 Å². The molecule has 9 nitrogen and oxygen atoms in total. The molecule has 1 amide bonds. The smallest absolute Gasteiger partial charge is 0.276 e. The first-order chi connectivity index (χ1) is 13.2. The highest BCUT2D eigenvalue weighted by Crippen LogP contribution is 2.28. The van der Waals surface area contributed by atoms with Crippen molar-refractivity contribution < 1.29 is 9.32 Å². The first kappa shape index (κ1) is 16.2. The monoisotopic (exact) mass is 367 g/mol. The lowest BCUT2D eigenvalue weighted by atomic mass is 9.96. The summed E-state index contributed by atoms with van der Waals surface area (Å²) in [6, 6.07) is 5.67. The Morgan fingerprint density at radius 3 is 2.63 bits per heavy atom. The van der Waals surface area contributed by atoms with Crippen molar-refractivity contribution in [2.75, 3.05) is 31.1 Å². The zero-order chi connectivity index (χ0) is 18.4. The predicted molar refractivity (Wildman–Crippen MR) is 96.7 cm³/mol. The number of anilines is 1. The van der Waals surface area contributed by atoms with Gasteiger partial charge in [-0.25, -0.2) is 0 Å². The minimum Gasteiger partial charge on any atom is -0.361 e. The Kier molecular flexibility index (Phi) is 3.80. The van der Waals surface area contributed by atoms with E-state index < -0.39 is 0 Å². The fourth-order valence-electron chi connectivity index (χ4n) is 3.73. The number of hydrogen-bond acceptors (Lipinski definition) is 7.